The van der Waals surface area contributed by atoms with Gasteiger partial charge in [-0.15, -0.1) is 0 Å². The van der Waals surface area contributed by atoms with Crippen LogP contribution >= 0.6 is 0 Å². The molecule has 1 aliphatic rings. The van der Waals surface area contributed by atoms with Crippen molar-refractivity contribution < 1.29 is 14.4 Å². The van der Waals surface area contributed by atoms with Crippen LogP contribution in [0.4, 0.5) is 5.69 Å². The lowest BCUT2D eigenvalue weighted by Crippen LogP contribution is -2.42. The van der Waals surface area contributed by atoms with Gasteiger partial charge in [-0.1, -0.05) is 49.0 Å². The van der Waals surface area contributed by atoms with Crippen molar-refractivity contribution in [1.82, 2.24) is 0 Å². The van der Waals surface area contributed by atoms with Crippen LogP contribution in [0.5, 0.6) is 0 Å². The van der Waals surface area contributed by atoms with Crippen molar-refractivity contribution in [2.24, 2.45) is 0 Å². The molecule has 4 heteroatoms. The van der Waals surface area contributed by atoms with Gasteiger partial charge in [-0.3, -0.25) is 14.4 Å². The Morgan fingerprint density at radius 2 is 1.58 bits per heavy atom. The fourth-order valence-electron chi connectivity index (χ4n) is 3.29. The standard InChI is InChI=1S/C22H21NO3/c1-15(2)21(25)23(22(26)20(24)17-10-4-3-5-11-17)19-14-8-12-16-9-6-7-13-18(16)19/h3-5,8,10-12,14H,1,6-7,9,13H2,2H3. The predicted octanol–water partition coefficient (Wildman–Crippen LogP) is 3.88. The largest absolute Gasteiger partial charge is 0.306 e. The number of amides is 2. The van der Waals surface area contributed by atoms with Crippen LogP contribution in [-0.2, 0) is 22.4 Å². The van der Waals surface area contributed by atoms with Crippen LogP contribution in [0.1, 0.15) is 41.3 Å². The van der Waals surface area contributed by atoms with E-state index in [2.05, 4.69) is 6.58 Å². The summed E-state index contributed by atoms with van der Waals surface area (Å²) in [5.41, 5.74) is 3.09. The number of benzene rings is 2. The molecule has 0 radical (unpaired) electrons. The number of anilines is 1. The molecule has 0 fully saturated rings. The van der Waals surface area contributed by atoms with Gasteiger partial charge in [-0.2, -0.15) is 0 Å². The first kappa shape index (κ1) is 17.8. The maximum absolute atomic E-state index is 13.0. The molecule has 0 atom stereocenters. The summed E-state index contributed by atoms with van der Waals surface area (Å²) >= 11 is 0. The van der Waals surface area contributed by atoms with E-state index in [9.17, 15) is 14.4 Å². The molecule has 0 heterocycles. The lowest BCUT2D eigenvalue weighted by molar-refractivity contribution is -0.122. The van der Waals surface area contributed by atoms with E-state index in [1.807, 2.05) is 12.1 Å². The number of hydrogen-bond donors (Lipinski definition) is 0. The minimum absolute atomic E-state index is 0.215. The van der Waals surface area contributed by atoms with Crippen molar-refractivity contribution in [1.29, 1.82) is 0 Å². The lowest BCUT2D eigenvalue weighted by Gasteiger charge is -2.26. The Balaban J connectivity index is 2.07. The first-order valence-corrected chi connectivity index (χ1v) is 8.75. The van der Waals surface area contributed by atoms with Crippen LogP contribution < -0.4 is 4.90 Å². The van der Waals surface area contributed by atoms with Crippen molar-refractivity contribution in [3.05, 3.63) is 77.4 Å². The van der Waals surface area contributed by atoms with Crippen LogP contribution in [0.3, 0.4) is 0 Å². The zero-order chi connectivity index (χ0) is 18.7. The van der Waals surface area contributed by atoms with E-state index in [-0.39, 0.29) is 11.1 Å². The van der Waals surface area contributed by atoms with E-state index < -0.39 is 17.6 Å². The van der Waals surface area contributed by atoms with Crippen LogP contribution in [0.15, 0.2) is 60.7 Å². The highest BCUT2D eigenvalue weighted by Gasteiger charge is 2.32. The molecule has 0 saturated heterocycles. The summed E-state index contributed by atoms with van der Waals surface area (Å²) < 4.78 is 0. The molecule has 0 spiro atoms. The minimum Gasteiger partial charge on any atom is -0.283 e. The molecule has 2 aromatic rings. The van der Waals surface area contributed by atoms with Gasteiger partial charge in [-0.25, -0.2) is 4.90 Å². The second-order valence-corrected chi connectivity index (χ2v) is 6.54. The zero-order valence-corrected chi connectivity index (χ0v) is 14.8. The average molecular weight is 347 g/mol. The number of carbonyl (C=O) groups excluding carboxylic acids is 3. The number of Topliss-reactive ketones (excluding diaryl/α,β-unsaturated/α-hetero) is 1. The van der Waals surface area contributed by atoms with Gasteiger partial charge >= 0.3 is 5.91 Å². The molecule has 0 bridgehead atoms. The summed E-state index contributed by atoms with van der Waals surface area (Å²) in [4.78, 5) is 39.4. The maximum atomic E-state index is 13.0. The van der Waals surface area contributed by atoms with Crippen molar-refractivity contribution in [2.75, 3.05) is 4.90 Å². The number of carbonyl (C=O) groups is 3. The third-order valence-electron chi connectivity index (χ3n) is 4.61. The molecule has 26 heavy (non-hydrogen) atoms. The number of hydrogen-bond acceptors (Lipinski definition) is 3. The molecule has 0 unspecified atom stereocenters. The second kappa shape index (κ2) is 7.48. The van der Waals surface area contributed by atoms with Crippen LogP contribution in [0.2, 0.25) is 0 Å². The first-order chi connectivity index (χ1) is 12.5. The molecular weight excluding hydrogens is 326 g/mol. The maximum Gasteiger partial charge on any atom is 0.306 e. The van der Waals surface area contributed by atoms with Crippen molar-refractivity contribution in [3.63, 3.8) is 0 Å². The Morgan fingerprint density at radius 3 is 2.27 bits per heavy atom. The summed E-state index contributed by atoms with van der Waals surface area (Å²) in [6.07, 6.45) is 3.79. The Bertz CT molecular complexity index is 884. The molecule has 2 aromatic carbocycles. The number of rotatable bonds is 4. The summed E-state index contributed by atoms with van der Waals surface area (Å²) in [5, 5.41) is 0. The van der Waals surface area contributed by atoms with Gasteiger partial charge in [0.1, 0.15) is 0 Å². The molecule has 1 aliphatic carbocycles. The molecule has 2 amide bonds. The Hall–Kier alpha value is -3.01. The molecule has 0 aromatic heterocycles. The normalized spacial score (nSPS) is 12.8. The van der Waals surface area contributed by atoms with E-state index in [0.29, 0.717) is 5.69 Å². The highest BCUT2D eigenvalue weighted by Crippen LogP contribution is 2.31. The molecule has 0 aliphatic heterocycles. The van der Waals surface area contributed by atoms with E-state index in [1.165, 1.54) is 0 Å². The number of fused-ring (bicyclic) bond motifs is 1. The van der Waals surface area contributed by atoms with Gasteiger partial charge in [0, 0.05) is 11.1 Å². The van der Waals surface area contributed by atoms with Crippen molar-refractivity contribution in [2.45, 2.75) is 32.6 Å². The SMILES string of the molecule is C=C(C)C(=O)N(C(=O)C(=O)c1ccccc1)c1cccc2c1CCCC2. The molecule has 4 nitrogen and oxygen atoms in total. The molecule has 0 saturated carbocycles. The Labute approximate surface area is 153 Å². The average Bonchev–Trinajstić information content (AvgIpc) is 2.68. The van der Waals surface area contributed by atoms with Gasteiger partial charge in [0.2, 0.25) is 0 Å². The van der Waals surface area contributed by atoms with Crippen molar-refractivity contribution >= 4 is 23.3 Å². The summed E-state index contributed by atoms with van der Waals surface area (Å²) in [7, 11) is 0. The summed E-state index contributed by atoms with van der Waals surface area (Å²) in [6.45, 7) is 5.22. The first-order valence-electron chi connectivity index (χ1n) is 8.75. The number of nitrogens with zero attached hydrogens (tertiary/aromatic N) is 1. The van der Waals surface area contributed by atoms with E-state index in [0.717, 1.165) is 41.7 Å². The predicted molar refractivity (Wildman–Crippen MR) is 101 cm³/mol. The van der Waals surface area contributed by atoms with E-state index in [1.54, 1.807) is 43.3 Å². The number of imide groups is 1. The topological polar surface area (TPSA) is 54.5 Å². The Morgan fingerprint density at radius 1 is 0.885 bits per heavy atom. The van der Waals surface area contributed by atoms with E-state index >= 15 is 0 Å². The third kappa shape index (κ3) is 3.36. The van der Waals surface area contributed by atoms with Crippen LogP contribution in [-0.4, -0.2) is 17.6 Å². The summed E-state index contributed by atoms with van der Waals surface area (Å²) in [6, 6.07) is 13.9. The molecular formula is C22H21NO3. The van der Waals surface area contributed by atoms with Crippen LogP contribution in [0.25, 0.3) is 0 Å². The fraction of sp³-hybridized carbons (Fsp3) is 0.227. The highest BCUT2D eigenvalue weighted by molar-refractivity contribution is 6.51. The highest BCUT2D eigenvalue weighted by atomic mass is 16.2. The number of ketones is 1. The smallest absolute Gasteiger partial charge is 0.283 e. The van der Waals surface area contributed by atoms with Gasteiger partial charge in [-0.05, 0) is 49.8 Å². The third-order valence-corrected chi connectivity index (χ3v) is 4.61. The zero-order valence-electron chi connectivity index (χ0n) is 14.8. The van der Waals surface area contributed by atoms with Crippen LogP contribution in [0, 0.1) is 0 Å². The van der Waals surface area contributed by atoms with E-state index in [4.69, 9.17) is 0 Å². The monoisotopic (exact) mass is 347 g/mol. The van der Waals surface area contributed by atoms with Crippen molar-refractivity contribution in [3.8, 4) is 0 Å². The van der Waals surface area contributed by atoms with Gasteiger partial charge < -0.3 is 0 Å². The fourth-order valence-corrected chi connectivity index (χ4v) is 3.29. The Kier molecular flexibility index (Phi) is 5.12. The quantitative estimate of drug-likeness (QED) is 0.479. The van der Waals surface area contributed by atoms with Gasteiger partial charge in [0.25, 0.3) is 11.7 Å². The summed E-state index contributed by atoms with van der Waals surface area (Å²) in [5.74, 6) is -2.09. The minimum atomic E-state index is -0.844. The van der Waals surface area contributed by atoms with Gasteiger partial charge in [0.15, 0.2) is 0 Å². The van der Waals surface area contributed by atoms with Gasteiger partial charge in [0.05, 0.1) is 5.69 Å². The second-order valence-electron chi connectivity index (χ2n) is 6.54. The molecule has 132 valence electrons. The number of aryl methyl sites for hydroxylation is 1. The lowest BCUT2D eigenvalue weighted by atomic mass is 9.90. The molecule has 0 N–H and O–H groups in total. The molecule has 3 rings (SSSR count).